The Bertz CT molecular complexity index is 973. The van der Waals surface area contributed by atoms with Crippen molar-refractivity contribution in [2.75, 3.05) is 20.2 Å². The number of amides is 1. The Morgan fingerprint density at radius 2 is 1.77 bits per heavy atom. The first-order chi connectivity index (χ1) is 14.9. The molecule has 0 saturated heterocycles. The van der Waals surface area contributed by atoms with Crippen molar-refractivity contribution in [3.8, 4) is 5.75 Å². The molecule has 0 spiro atoms. The average Bonchev–Trinajstić information content (AvgIpc) is 2.80. The Labute approximate surface area is 183 Å². The van der Waals surface area contributed by atoms with Gasteiger partial charge in [-0.1, -0.05) is 31.4 Å². The molecule has 6 nitrogen and oxygen atoms in total. The molecule has 1 N–H and O–H groups in total. The third-order valence-electron chi connectivity index (χ3n) is 5.58. The average molecular weight is 449 g/mol. The van der Waals surface area contributed by atoms with Crippen LogP contribution in [0.3, 0.4) is 0 Å². The number of hydrogen-bond acceptors (Lipinski definition) is 4. The highest BCUT2D eigenvalue weighted by Gasteiger charge is 2.29. The normalized spacial score (nSPS) is 15.1. The minimum Gasteiger partial charge on any atom is -0.490 e. The molecule has 1 amide bonds. The molecule has 8 heteroatoms. The van der Waals surface area contributed by atoms with E-state index >= 15 is 0 Å². The van der Waals surface area contributed by atoms with Crippen molar-refractivity contribution < 1.29 is 22.3 Å². The Balaban J connectivity index is 1.48. The van der Waals surface area contributed by atoms with Gasteiger partial charge in [-0.05, 0) is 55.7 Å². The molecule has 1 aliphatic carbocycles. The number of nitrogens with one attached hydrogen (secondary N) is 1. The van der Waals surface area contributed by atoms with E-state index in [0.29, 0.717) is 18.5 Å². The van der Waals surface area contributed by atoms with Gasteiger partial charge >= 0.3 is 0 Å². The maximum Gasteiger partial charge on any atom is 0.251 e. The fourth-order valence-electron chi connectivity index (χ4n) is 3.71. The van der Waals surface area contributed by atoms with E-state index in [4.69, 9.17) is 4.74 Å². The molecule has 0 heterocycles. The molecule has 1 fully saturated rings. The molecule has 0 bridgehead atoms. The van der Waals surface area contributed by atoms with Crippen LogP contribution in [0.1, 0.15) is 48.9 Å². The van der Waals surface area contributed by atoms with Gasteiger partial charge in [0, 0.05) is 25.2 Å². The van der Waals surface area contributed by atoms with Crippen molar-refractivity contribution in [3.05, 3.63) is 59.9 Å². The van der Waals surface area contributed by atoms with Gasteiger partial charge in [-0.2, -0.15) is 4.31 Å². The van der Waals surface area contributed by atoms with Crippen LogP contribution in [-0.4, -0.2) is 44.9 Å². The van der Waals surface area contributed by atoms with Crippen LogP contribution in [0.5, 0.6) is 5.75 Å². The molecule has 1 aliphatic rings. The zero-order valence-corrected chi connectivity index (χ0v) is 18.5. The van der Waals surface area contributed by atoms with E-state index in [9.17, 15) is 17.6 Å². The Morgan fingerprint density at radius 3 is 2.45 bits per heavy atom. The second kappa shape index (κ2) is 10.7. The second-order valence-electron chi connectivity index (χ2n) is 7.73. The molecule has 0 atom stereocenters. The van der Waals surface area contributed by atoms with Gasteiger partial charge in [0.25, 0.3) is 5.91 Å². The number of ether oxygens (including phenoxy) is 1. The lowest BCUT2D eigenvalue weighted by Gasteiger charge is -2.30. The molecule has 2 aromatic carbocycles. The van der Waals surface area contributed by atoms with E-state index in [0.717, 1.165) is 32.1 Å². The van der Waals surface area contributed by atoms with Crippen LogP contribution in [-0.2, 0) is 10.0 Å². The maximum atomic E-state index is 13.5. The minimum absolute atomic E-state index is 0.0355. The summed E-state index contributed by atoms with van der Waals surface area (Å²) in [5.41, 5.74) is 0.384. The molecule has 1 saturated carbocycles. The summed E-state index contributed by atoms with van der Waals surface area (Å²) in [6.45, 7) is 0.629. The monoisotopic (exact) mass is 448 g/mol. The van der Waals surface area contributed by atoms with Gasteiger partial charge in [-0.15, -0.1) is 0 Å². The smallest absolute Gasteiger partial charge is 0.251 e. The highest BCUT2D eigenvalue weighted by molar-refractivity contribution is 7.89. The number of nitrogens with zero attached hydrogens (tertiary/aromatic N) is 1. The van der Waals surface area contributed by atoms with Crippen molar-refractivity contribution in [2.24, 2.45) is 0 Å². The second-order valence-corrected chi connectivity index (χ2v) is 9.72. The van der Waals surface area contributed by atoms with E-state index in [1.807, 2.05) is 0 Å². The Hall–Kier alpha value is -2.45. The number of hydrogen-bond donors (Lipinski definition) is 1. The summed E-state index contributed by atoms with van der Waals surface area (Å²) in [6, 6.07) is 12.2. The van der Waals surface area contributed by atoms with Gasteiger partial charge in [-0.3, -0.25) is 4.79 Å². The van der Waals surface area contributed by atoms with Gasteiger partial charge in [-0.25, -0.2) is 12.8 Å². The third kappa shape index (κ3) is 6.04. The molecular weight excluding hydrogens is 419 g/mol. The highest BCUT2D eigenvalue weighted by Crippen LogP contribution is 2.26. The van der Waals surface area contributed by atoms with E-state index in [-0.39, 0.29) is 29.2 Å². The van der Waals surface area contributed by atoms with Crippen LogP contribution < -0.4 is 10.1 Å². The summed E-state index contributed by atoms with van der Waals surface area (Å²) in [7, 11) is -1.95. The standard InChI is InChI=1S/C23H29FN2O4S/c1-26(19-8-3-2-4-9-19)31(28,29)20-14-12-18(13-15-20)23(27)25-16-7-17-30-22-11-6-5-10-21(22)24/h5-6,10-15,19H,2-4,7-9,16-17H2,1H3,(H,25,27). The van der Waals surface area contributed by atoms with Gasteiger partial charge in [0.05, 0.1) is 11.5 Å². The first kappa shape index (κ1) is 23.2. The Kier molecular flexibility index (Phi) is 8.03. The zero-order chi connectivity index (χ0) is 22.3. The fraction of sp³-hybridized carbons (Fsp3) is 0.435. The lowest BCUT2D eigenvalue weighted by Crippen LogP contribution is -2.38. The number of sulfonamides is 1. The maximum absolute atomic E-state index is 13.5. The minimum atomic E-state index is -3.58. The van der Waals surface area contributed by atoms with Crippen molar-refractivity contribution in [3.63, 3.8) is 0 Å². The highest BCUT2D eigenvalue weighted by atomic mass is 32.2. The summed E-state index contributed by atoms with van der Waals surface area (Å²) < 4.78 is 46.1. The molecule has 168 valence electrons. The van der Waals surface area contributed by atoms with E-state index in [2.05, 4.69) is 5.32 Å². The van der Waals surface area contributed by atoms with Crippen LogP contribution in [0.25, 0.3) is 0 Å². The van der Waals surface area contributed by atoms with Crippen LogP contribution in [0.4, 0.5) is 4.39 Å². The summed E-state index contributed by atoms with van der Waals surface area (Å²) in [4.78, 5) is 12.5. The summed E-state index contributed by atoms with van der Waals surface area (Å²) in [6.07, 6.45) is 5.54. The third-order valence-corrected chi connectivity index (χ3v) is 7.51. The van der Waals surface area contributed by atoms with Crippen LogP contribution >= 0.6 is 0 Å². The quantitative estimate of drug-likeness (QED) is 0.589. The number of carbonyl (C=O) groups is 1. The van der Waals surface area contributed by atoms with Gasteiger partial charge in [0.1, 0.15) is 0 Å². The summed E-state index contributed by atoms with van der Waals surface area (Å²) >= 11 is 0. The molecule has 2 aromatic rings. The summed E-state index contributed by atoms with van der Waals surface area (Å²) in [5, 5.41) is 2.76. The van der Waals surface area contributed by atoms with E-state index in [1.54, 1.807) is 25.2 Å². The van der Waals surface area contributed by atoms with E-state index in [1.165, 1.54) is 34.6 Å². The molecule has 0 unspecified atom stereocenters. The predicted molar refractivity (Wildman–Crippen MR) is 117 cm³/mol. The molecular formula is C23H29FN2O4S. The van der Waals surface area contributed by atoms with Gasteiger partial charge < -0.3 is 10.1 Å². The van der Waals surface area contributed by atoms with Crippen molar-refractivity contribution >= 4 is 15.9 Å². The first-order valence-electron chi connectivity index (χ1n) is 10.6. The first-order valence-corrected chi connectivity index (χ1v) is 12.1. The lowest BCUT2D eigenvalue weighted by molar-refractivity contribution is 0.0951. The van der Waals surface area contributed by atoms with Gasteiger partial charge in [0.15, 0.2) is 11.6 Å². The van der Waals surface area contributed by atoms with Gasteiger partial charge in [0.2, 0.25) is 10.0 Å². The van der Waals surface area contributed by atoms with Crippen molar-refractivity contribution in [1.29, 1.82) is 0 Å². The number of rotatable bonds is 9. The molecule has 0 aromatic heterocycles. The van der Waals surface area contributed by atoms with E-state index < -0.39 is 15.8 Å². The largest absolute Gasteiger partial charge is 0.490 e. The van der Waals surface area contributed by atoms with Crippen LogP contribution in [0.2, 0.25) is 0 Å². The topological polar surface area (TPSA) is 75.7 Å². The van der Waals surface area contributed by atoms with Crippen LogP contribution in [0, 0.1) is 5.82 Å². The number of halogens is 1. The predicted octanol–water partition coefficient (Wildman–Crippen LogP) is 3.98. The number of carbonyl (C=O) groups excluding carboxylic acids is 1. The number of benzene rings is 2. The SMILES string of the molecule is CN(C1CCCCC1)S(=O)(=O)c1ccc(C(=O)NCCCOc2ccccc2F)cc1. The Morgan fingerprint density at radius 1 is 1.10 bits per heavy atom. The zero-order valence-electron chi connectivity index (χ0n) is 17.7. The molecule has 31 heavy (non-hydrogen) atoms. The number of para-hydroxylation sites is 1. The molecule has 0 aliphatic heterocycles. The molecule has 0 radical (unpaired) electrons. The molecule has 3 rings (SSSR count). The van der Waals surface area contributed by atoms with Crippen molar-refractivity contribution in [1.82, 2.24) is 9.62 Å². The summed E-state index contributed by atoms with van der Waals surface area (Å²) in [5.74, 6) is -0.532. The lowest BCUT2D eigenvalue weighted by atomic mass is 9.96. The van der Waals surface area contributed by atoms with Crippen molar-refractivity contribution in [2.45, 2.75) is 49.5 Å². The van der Waals surface area contributed by atoms with Crippen LogP contribution in [0.15, 0.2) is 53.4 Å². The fourth-order valence-corrected chi connectivity index (χ4v) is 5.12.